The molecule has 8 bridgehead atoms. The van der Waals surface area contributed by atoms with Crippen LogP contribution in [0.5, 0.6) is 0 Å². The van der Waals surface area contributed by atoms with Gasteiger partial charge in [0, 0.05) is 45.6 Å². The Hall–Kier alpha value is -4.33. The molecule has 0 aliphatic carbocycles. The van der Waals surface area contributed by atoms with Gasteiger partial charge in [-0.2, -0.15) is 0 Å². The number of allylic oxidation sites excluding steroid dienone is 1. The maximum Gasteiger partial charge on any atom is 0.303 e. The summed E-state index contributed by atoms with van der Waals surface area (Å²) in [7, 11) is 0. The van der Waals surface area contributed by atoms with Gasteiger partial charge in [-0.1, -0.05) is 13.8 Å². The van der Waals surface area contributed by atoms with Crippen LogP contribution in [0.2, 0.25) is 0 Å². The van der Waals surface area contributed by atoms with Crippen molar-refractivity contribution in [1.29, 1.82) is 0 Å². The van der Waals surface area contributed by atoms with E-state index in [1.807, 2.05) is 19.9 Å². The summed E-state index contributed by atoms with van der Waals surface area (Å²) < 4.78 is 0. The van der Waals surface area contributed by atoms with Gasteiger partial charge in [0.2, 0.25) is 0 Å². The van der Waals surface area contributed by atoms with Crippen LogP contribution in [-0.4, -0.2) is 48.9 Å². The number of nitrogens with one attached hydrogen (secondary N) is 3. The predicted molar refractivity (Wildman–Crippen MR) is 167 cm³/mol. The third-order valence-electron chi connectivity index (χ3n) is 8.93. The second kappa shape index (κ2) is 11.5. The van der Waals surface area contributed by atoms with Crippen LogP contribution in [0.3, 0.4) is 0 Å². The average molecular weight is 569 g/mol. The van der Waals surface area contributed by atoms with E-state index in [0.29, 0.717) is 12.8 Å². The molecule has 0 amide bonds. The molecule has 0 fully saturated rings. The van der Waals surface area contributed by atoms with Crippen molar-refractivity contribution in [3.05, 3.63) is 77.3 Å². The van der Waals surface area contributed by atoms with E-state index in [2.05, 4.69) is 60.9 Å². The number of aromatic nitrogens is 3. The molecule has 5 N–H and O–H groups in total. The number of carboxylic acids is 2. The fourth-order valence-electron chi connectivity index (χ4n) is 6.46. The zero-order valence-corrected chi connectivity index (χ0v) is 25.3. The Balaban J connectivity index is 1.87. The van der Waals surface area contributed by atoms with Gasteiger partial charge in [-0.25, -0.2) is 0 Å². The van der Waals surface area contributed by atoms with Crippen molar-refractivity contribution < 1.29 is 19.8 Å². The summed E-state index contributed by atoms with van der Waals surface area (Å²) in [6, 6.07) is -0.238. The number of aromatic amines is 3. The summed E-state index contributed by atoms with van der Waals surface area (Å²) in [4.78, 5) is 39.1. The molecule has 0 radical (unpaired) electrons. The van der Waals surface area contributed by atoms with Gasteiger partial charge in [-0.3, -0.25) is 14.6 Å². The van der Waals surface area contributed by atoms with E-state index in [9.17, 15) is 19.8 Å². The molecular weight excluding hydrogens is 528 g/mol. The van der Waals surface area contributed by atoms with Crippen LogP contribution in [0, 0.1) is 20.8 Å². The molecule has 3 aromatic heterocycles. The number of H-pyrrole nitrogens is 3. The molecule has 0 saturated heterocycles. The number of hydrogen-bond donors (Lipinski definition) is 5. The number of aliphatic imine (C=N–C) groups is 1. The van der Waals surface area contributed by atoms with Gasteiger partial charge in [0.15, 0.2) is 0 Å². The lowest BCUT2D eigenvalue weighted by Gasteiger charge is -2.05. The van der Waals surface area contributed by atoms with Gasteiger partial charge in [-0.15, -0.1) is 0 Å². The van der Waals surface area contributed by atoms with Crippen molar-refractivity contribution in [3.8, 4) is 0 Å². The van der Waals surface area contributed by atoms with Crippen LogP contribution < -0.4 is 21.4 Å². The van der Waals surface area contributed by atoms with Gasteiger partial charge in [0.05, 0.1) is 11.8 Å². The molecule has 1 unspecified atom stereocenters. The molecule has 0 spiro atoms. The lowest BCUT2D eigenvalue weighted by Crippen LogP contribution is -2.16. The van der Waals surface area contributed by atoms with Gasteiger partial charge >= 0.3 is 11.9 Å². The van der Waals surface area contributed by atoms with E-state index in [1.165, 1.54) is 22.3 Å². The maximum absolute atomic E-state index is 11.6. The Morgan fingerprint density at radius 3 is 1.98 bits per heavy atom. The summed E-state index contributed by atoms with van der Waals surface area (Å²) in [6.45, 7) is 12.7. The third-order valence-corrected chi connectivity index (χ3v) is 8.93. The van der Waals surface area contributed by atoms with Crippen molar-refractivity contribution in [2.75, 3.05) is 0 Å². The first kappa shape index (κ1) is 29.2. The van der Waals surface area contributed by atoms with Gasteiger partial charge in [-0.05, 0) is 122 Å². The molecule has 2 aliphatic rings. The van der Waals surface area contributed by atoms with E-state index in [1.54, 1.807) is 0 Å². The van der Waals surface area contributed by atoms with Crippen LogP contribution in [0.1, 0.15) is 84.8 Å². The second-order valence-electron chi connectivity index (χ2n) is 11.4. The first-order valence-electron chi connectivity index (χ1n) is 14.8. The summed E-state index contributed by atoms with van der Waals surface area (Å²) in [5, 5.41) is 22.8. The summed E-state index contributed by atoms with van der Waals surface area (Å²) in [5.41, 5.74) is 11.6. The zero-order valence-electron chi connectivity index (χ0n) is 25.3. The minimum absolute atomic E-state index is 0.00953. The summed E-state index contributed by atoms with van der Waals surface area (Å²) in [6.07, 6.45) is 11.0. The number of nitrogens with zero attached hydrogens (tertiary/aromatic N) is 1. The highest BCUT2D eigenvalue weighted by molar-refractivity contribution is 6.22. The van der Waals surface area contributed by atoms with Crippen molar-refractivity contribution in [3.63, 3.8) is 0 Å². The van der Waals surface area contributed by atoms with E-state index >= 15 is 0 Å². The number of carbonyl (C=O) groups is 2. The molecule has 0 saturated carbocycles. The van der Waals surface area contributed by atoms with E-state index in [-0.39, 0.29) is 18.9 Å². The first-order valence-corrected chi connectivity index (χ1v) is 14.8. The largest absolute Gasteiger partial charge is 0.481 e. The third kappa shape index (κ3) is 5.33. The molecule has 8 heteroatoms. The van der Waals surface area contributed by atoms with E-state index < -0.39 is 11.9 Å². The normalized spacial score (nSPS) is 16.0. The number of carboxylic acid groups (broad SMARTS) is 2. The number of fused-ring (bicyclic) bond motifs is 7. The Kier molecular flexibility index (Phi) is 7.99. The summed E-state index contributed by atoms with van der Waals surface area (Å²) in [5.74, 6) is -1.70. The van der Waals surface area contributed by atoms with Crippen LogP contribution in [-0.2, 0) is 28.9 Å². The van der Waals surface area contributed by atoms with Crippen LogP contribution >= 0.6 is 0 Å². The minimum Gasteiger partial charge on any atom is -0.481 e. The quantitative estimate of drug-likeness (QED) is 0.286. The maximum atomic E-state index is 11.6. The van der Waals surface area contributed by atoms with Crippen LogP contribution in [0.15, 0.2) is 16.1 Å². The molecule has 5 rings (SSSR count). The fraction of sp³-hybridized carbons (Fsp3) is 0.382. The minimum atomic E-state index is -0.852. The molecule has 220 valence electrons. The standard InChI is InChI=1S/C34H40N4O4/c1-7-21-17(3)25-13-26-19(5)23(9-11-33(39)40)31(37-26)16-32-24(10-12-34(41)42)20(6)28(38-32)15-30-22(8-2)18(4)27(36-30)14-29(21)35-25/h13-16,26,35-36,38H,7-12H2,1-6H3,(H,39,40)(H,41,42). The van der Waals surface area contributed by atoms with Gasteiger partial charge in [0.1, 0.15) is 0 Å². The highest BCUT2D eigenvalue weighted by atomic mass is 16.4. The SMILES string of the molecule is CCc1c2[nH]c(c1C)C=c1[nH]c(c(C)c1CC)=CC1N=C(C=c3[nH]c(c(C)c3CCC(=O)O)=C2)C(CCC(=O)O)=C1C. The van der Waals surface area contributed by atoms with Crippen molar-refractivity contribution in [1.82, 2.24) is 15.0 Å². The monoisotopic (exact) mass is 568 g/mol. The average Bonchev–Trinajstić information content (AvgIpc) is 3.59. The molecule has 5 heterocycles. The molecular formula is C34H40N4O4. The van der Waals surface area contributed by atoms with Crippen LogP contribution in [0.25, 0.3) is 24.3 Å². The molecule has 1 atom stereocenters. The van der Waals surface area contributed by atoms with Crippen molar-refractivity contribution in [2.45, 2.75) is 86.1 Å². The highest BCUT2D eigenvalue weighted by Gasteiger charge is 2.24. The molecule has 0 aromatic carbocycles. The lowest BCUT2D eigenvalue weighted by molar-refractivity contribution is -0.137. The van der Waals surface area contributed by atoms with E-state index in [0.717, 1.165) is 73.6 Å². The highest BCUT2D eigenvalue weighted by Crippen LogP contribution is 2.27. The first-order chi connectivity index (χ1) is 20.0. The van der Waals surface area contributed by atoms with Crippen molar-refractivity contribution in [2.24, 2.45) is 4.99 Å². The van der Waals surface area contributed by atoms with E-state index in [4.69, 9.17) is 4.99 Å². The number of rotatable bonds is 8. The molecule has 3 aromatic rings. The Bertz CT molecular complexity index is 1910. The van der Waals surface area contributed by atoms with Crippen LogP contribution in [0.4, 0.5) is 0 Å². The Morgan fingerprint density at radius 2 is 1.31 bits per heavy atom. The van der Waals surface area contributed by atoms with Gasteiger partial charge < -0.3 is 25.2 Å². The Morgan fingerprint density at radius 1 is 0.714 bits per heavy atom. The Labute approximate surface area is 245 Å². The smallest absolute Gasteiger partial charge is 0.303 e. The van der Waals surface area contributed by atoms with Crippen molar-refractivity contribution >= 4 is 42.0 Å². The topological polar surface area (TPSA) is 134 Å². The summed E-state index contributed by atoms with van der Waals surface area (Å²) >= 11 is 0. The zero-order chi connectivity index (χ0) is 30.3. The van der Waals surface area contributed by atoms with Gasteiger partial charge in [0.25, 0.3) is 0 Å². The number of hydrogen-bond acceptors (Lipinski definition) is 3. The molecule has 8 nitrogen and oxygen atoms in total. The molecule has 42 heavy (non-hydrogen) atoms. The second-order valence-corrected chi connectivity index (χ2v) is 11.4. The number of aliphatic carboxylic acids is 2. The molecule has 2 aliphatic heterocycles. The fourth-order valence-corrected chi connectivity index (χ4v) is 6.46. The lowest BCUT2D eigenvalue weighted by atomic mass is 9.97. The predicted octanol–water partition coefficient (Wildman–Crippen LogP) is 2.97.